The smallest absolute Gasteiger partial charge is 0.329 e. The van der Waals surface area contributed by atoms with Crippen molar-refractivity contribution < 1.29 is 23.9 Å². The molecule has 0 aliphatic rings. The molecule has 0 aliphatic carbocycles. The summed E-state index contributed by atoms with van der Waals surface area (Å²) in [4.78, 5) is 34.5. The Hall–Kier alpha value is -0.930. The topological polar surface area (TPSA) is 108 Å². The van der Waals surface area contributed by atoms with Gasteiger partial charge in [0.2, 0.25) is 5.91 Å². The number of hydrogen-bond acceptors (Lipinski definition) is 8. The molecule has 22 heavy (non-hydrogen) atoms. The molecular weight excluding hydrogens is 328 g/mol. The van der Waals surface area contributed by atoms with E-state index in [0.29, 0.717) is 17.9 Å². The monoisotopic (exact) mass is 352 g/mol. The fraction of sp³-hybridized carbons (Fsp3) is 0.769. The van der Waals surface area contributed by atoms with Crippen molar-refractivity contribution in [3.05, 3.63) is 0 Å². The normalized spacial score (nSPS) is 13.1. The van der Waals surface area contributed by atoms with Crippen LogP contribution in [-0.2, 0) is 23.9 Å². The summed E-state index contributed by atoms with van der Waals surface area (Å²) in [7, 11) is 5.23. The highest BCUT2D eigenvalue weighted by atomic mass is 33.1. The Kier molecular flexibility index (Phi) is 12.1. The average Bonchev–Trinajstić information content (AvgIpc) is 2.53. The first-order chi connectivity index (χ1) is 10.5. The Labute approximate surface area is 138 Å². The molecule has 0 saturated heterocycles. The third-order valence-corrected chi connectivity index (χ3v) is 5.10. The molecule has 0 spiro atoms. The Morgan fingerprint density at radius 1 is 1.09 bits per heavy atom. The van der Waals surface area contributed by atoms with Crippen LogP contribution in [0.1, 0.15) is 26.2 Å². The van der Waals surface area contributed by atoms with Crippen molar-refractivity contribution in [3.63, 3.8) is 0 Å². The summed E-state index contributed by atoms with van der Waals surface area (Å²) in [6.07, 6.45) is 2.07. The predicted molar refractivity (Wildman–Crippen MR) is 88.4 cm³/mol. The summed E-state index contributed by atoms with van der Waals surface area (Å²) in [5.74, 6) is -0.451. The summed E-state index contributed by atoms with van der Waals surface area (Å²) in [5.41, 5.74) is 5.60. The van der Waals surface area contributed by atoms with E-state index in [9.17, 15) is 14.4 Å². The number of methoxy groups -OCH3 is 2. The SMILES string of the molecule is CCCCC(=O)N[C@@H](CSSCC(N)C(=O)OC)C(=O)OC. The van der Waals surface area contributed by atoms with Gasteiger partial charge in [-0.2, -0.15) is 0 Å². The average molecular weight is 352 g/mol. The number of unbranched alkanes of at least 4 members (excludes halogenated alkanes) is 1. The molecule has 1 amide bonds. The maximum absolute atomic E-state index is 11.7. The first kappa shape index (κ1) is 21.1. The predicted octanol–water partition coefficient (Wildman–Crippen LogP) is 0.716. The second kappa shape index (κ2) is 12.6. The van der Waals surface area contributed by atoms with Crippen LogP contribution in [0.3, 0.4) is 0 Å². The molecule has 2 atom stereocenters. The number of hydrogen-bond donors (Lipinski definition) is 2. The Morgan fingerprint density at radius 2 is 1.68 bits per heavy atom. The molecule has 0 radical (unpaired) electrons. The van der Waals surface area contributed by atoms with E-state index in [-0.39, 0.29) is 5.91 Å². The molecule has 7 nitrogen and oxygen atoms in total. The van der Waals surface area contributed by atoms with Gasteiger partial charge in [0, 0.05) is 17.9 Å². The van der Waals surface area contributed by atoms with Gasteiger partial charge in [0.1, 0.15) is 12.1 Å². The van der Waals surface area contributed by atoms with Gasteiger partial charge >= 0.3 is 11.9 Å². The second-order valence-corrected chi connectivity index (χ2v) is 7.00. The molecule has 9 heteroatoms. The summed E-state index contributed by atoms with van der Waals surface area (Å²) in [5, 5.41) is 2.65. The van der Waals surface area contributed by atoms with Crippen molar-refractivity contribution in [2.24, 2.45) is 5.73 Å². The molecule has 0 aromatic heterocycles. The number of esters is 2. The number of carbonyl (C=O) groups is 3. The van der Waals surface area contributed by atoms with Gasteiger partial charge in [0.05, 0.1) is 14.2 Å². The fourth-order valence-corrected chi connectivity index (χ4v) is 3.63. The van der Waals surface area contributed by atoms with Crippen molar-refractivity contribution in [2.75, 3.05) is 25.7 Å². The van der Waals surface area contributed by atoms with Crippen molar-refractivity contribution >= 4 is 39.4 Å². The highest BCUT2D eigenvalue weighted by Crippen LogP contribution is 2.23. The standard InChI is InChI=1S/C13H24N2O5S2/c1-4-5-6-11(16)15-10(13(18)20-3)8-22-21-7-9(14)12(17)19-2/h9-10H,4-8,14H2,1-3H3,(H,15,16)/t9?,10-/m0/s1. The lowest BCUT2D eigenvalue weighted by Crippen LogP contribution is -2.43. The molecule has 0 bridgehead atoms. The summed E-state index contributed by atoms with van der Waals surface area (Å²) < 4.78 is 9.19. The zero-order chi connectivity index (χ0) is 17.0. The first-order valence-electron chi connectivity index (χ1n) is 6.91. The van der Waals surface area contributed by atoms with Crippen LogP contribution in [0.15, 0.2) is 0 Å². The van der Waals surface area contributed by atoms with E-state index >= 15 is 0 Å². The maximum Gasteiger partial charge on any atom is 0.329 e. The van der Waals surface area contributed by atoms with E-state index in [0.717, 1.165) is 12.8 Å². The van der Waals surface area contributed by atoms with E-state index in [1.165, 1.54) is 35.8 Å². The van der Waals surface area contributed by atoms with Crippen LogP contribution in [0, 0.1) is 0 Å². The van der Waals surface area contributed by atoms with Gasteiger partial charge in [-0.05, 0) is 6.42 Å². The molecular formula is C13H24N2O5S2. The summed E-state index contributed by atoms with van der Waals surface area (Å²) in [6, 6.07) is -1.42. The second-order valence-electron chi connectivity index (χ2n) is 4.45. The molecule has 0 aliphatic heterocycles. The number of amides is 1. The molecule has 0 rings (SSSR count). The number of carbonyl (C=O) groups excluding carboxylic acids is 3. The quantitative estimate of drug-likeness (QED) is 0.318. The molecule has 0 aromatic carbocycles. The van der Waals surface area contributed by atoms with Crippen LogP contribution < -0.4 is 11.1 Å². The van der Waals surface area contributed by atoms with E-state index in [4.69, 9.17) is 5.73 Å². The zero-order valence-electron chi connectivity index (χ0n) is 13.1. The third-order valence-electron chi connectivity index (χ3n) is 2.65. The van der Waals surface area contributed by atoms with E-state index in [2.05, 4.69) is 14.8 Å². The summed E-state index contributed by atoms with van der Waals surface area (Å²) >= 11 is 0. The molecule has 0 heterocycles. The zero-order valence-corrected chi connectivity index (χ0v) is 14.8. The van der Waals surface area contributed by atoms with E-state index in [1.807, 2.05) is 6.92 Å². The molecule has 3 N–H and O–H groups in total. The van der Waals surface area contributed by atoms with Crippen LogP contribution in [0.25, 0.3) is 0 Å². The minimum atomic E-state index is -0.710. The molecule has 128 valence electrons. The number of ether oxygens (including phenoxy) is 2. The van der Waals surface area contributed by atoms with Crippen molar-refractivity contribution in [1.82, 2.24) is 5.32 Å². The van der Waals surface area contributed by atoms with Crippen LogP contribution in [0.5, 0.6) is 0 Å². The Bertz CT molecular complexity index is 368. The van der Waals surface area contributed by atoms with Crippen molar-refractivity contribution in [2.45, 2.75) is 38.3 Å². The van der Waals surface area contributed by atoms with E-state index < -0.39 is 24.0 Å². The molecule has 1 unspecified atom stereocenters. The van der Waals surface area contributed by atoms with Crippen LogP contribution in [0.4, 0.5) is 0 Å². The summed E-state index contributed by atoms with van der Waals surface area (Å²) in [6.45, 7) is 1.99. The van der Waals surface area contributed by atoms with Gasteiger partial charge in [-0.15, -0.1) is 0 Å². The van der Waals surface area contributed by atoms with Crippen LogP contribution in [-0.4, -0.2) is 55.7 Å². The minimum Gasteiger partial charge on any atom is -0.468 e. The lowest BCUT2D eigenvalue weighted by molar-refractivity contribution is -0.144. The van der Waals surface area contributed by atoms with Gasteiger partial charge in [-0.25, -0.2) is 4.79 Å². The van der Waals surface area contributed by atoms with E-state index in [1.54, 1.807) is 0 Å². The first-order valence-corrected chi connectivity index (χ1v) is 9.40. The van der Waals surface area contributed by atoms with Crippen molar-refractivity contribution in [3.8, 4) is 0 Å². The highest BCUT2D eigenvalue weighted by molar-refractivity contribution is 8.76. The van der Waals surface area contributed by atoms with Crippen LogP contribution >= 0.6 is 21.6 Å². The lowest BCUT2D eigenvalue weighted by atomic mass is 10.2. The number of nitrogens with one attached hydrogen (secondary N) is 1. The van der Waals surface area contributed by atoms with Crippen LogP contribution in [0.2, 0.25) is 0 Å². The lowest BCUT2D eigenvalue weighted by Gasteiger charge is -2.16. The number of rotatable bonds is 11. The third kappa shape index (κ3) is 9.16. The molecule has 0 fully saturated rings. The Morgan fingerprint density at radius 3 is 2.23 bits per heavy atom. The van der Waals surface area contributed by atoms with Gasteiger partial charge < -0.3 is 20.5 Å². The Balaban J connectivity index is 4.18. The van der Waals surface area contributed by atoms with Gasteiger partial charge in [0.25, 0.3) is 0 Å². The largest absolute Gasteiger partial charge is 0.468 e. The number of nitrogens with two attached hydrogens (primary N) is 1. The van der Waals surface area contributed by atoms with Gasteiger partial charge in [0.15, 0.2) is 0 Å². The highest BCUT2D eigenvalue weighted by Gasteiger charge is 2.22. The van der Waals surface area contributed by atoms with Gasteiger partial charge in [-0.3, -0.25) is 9.59 Å². The minimum absolute atomic E-state index is 0.172. The fourth-order valence-electron chi connectivity index (χ4n) is 1.37. The molecule has 0 saturated carbocycles. The van der Waals surface area contributed by atoms with Crippen molar-refractivity contribution in [1.29, 1.82) is 0 Å². The molecule has 0 aromatic rings. The van der Waals surface area contributed by atoms with Gasteiger partial charge in [-0.1, -0.05) is 34.9 Å². The maximum atomic E-state index is 11.7.